The van der Waals surface area contributed by atoms with Crippen molar-refractivity contribution in [3.63, 3.8) is 0 Å². The maximum atomic E-state index is 10.5. The summed E-state index contributed by atoms with van der Waals surface area (Å²) in [4.78, 5) is 4.41. The molecule has 0 aliphatic carbocycles. The number of nitrogens with zero attached hydrogens (tertiary/aromatic N) is 1. The third-order valence-electron chi connectivity index (χ3n) is 3.48. The number of hydrogen-bond acceptors (Lipinski definition) is 3. The first-order valence-corrected chi connectivity index (χ1v) is 7.73. The van der Waals surface area contributed by atoms with E-state index < -0.39 is 6.10 Å². The highest BCUT2D eigenvalue weighted by Crippen LogP contribution is 2.33. The third-order valence-corrected chi connectivity index (χ3v) is 4.79. The van der Waals surface area contributed by atoms with Crippen molar-refractivity contribution in [1.82, 2.24) is 4.98 Å². The summed E-state index contributed by atoms with van der Waals surface area (Å²) in [5.74, 6) is 0.813. The highest BCUT2D eigenvalue weighted by Gasteiger charge is 2.17. The molecule has 0 aliphatic heterocycles. The van der Waals surface area contributed by atoms with Crippen molar-refractivity contribution in [2.45, 2.75) is 26.4 Å². The Labute approximate surface area is 138 Å². The second-order valence-electron chi connectivity index (χ2n) is 4.91. The summed E-state index contributed by atoms with van der Waals surface area (Å²) in [6.07, 6.45) is 1.43. The molecule has 1 unspecified atom stereocenters. The van der Waals surface area contributed by atoms with Crippen molar-refractivity contribution in [3.05, 3.63) is 56.3 Å². The van der Waals surface area contributed by atoms with Crippen LogP contribution >= 0.6 is 27.5 Å². The number of methoxy groups -OCH3 is 1. The Hall–Kier alpha value is -1.10. The molecule has 112 valence electrons. The molecular formula is C16H17BrClNO2. The number of benzene rings is 1. The fourth-order valence-corrected chi connectivity index (χ4v) is 2.98. The Balaban J connectivity index is 2.32. The van der Waals surface area contributed by atoms with Crippen LogP contribution in [0.5, 0.6) is 5.75 Å². The molecule has 21 heavy (non-hydrogen) atoms. The van der Waals surface area contributed by atoms with E-state index in [0.29, 0.717) is 17.0 Å². The molecule has 0 spiro atoms. The molecule has 0 amide bonds. The van der Waals surface area contributed by atoms with Gasteiger partial charge in [0.1, 0.15) is 5.75 Å². The van der Waals surface area contributed by atoms with E-state index in [0.717, 1.165) is 27.0 Å². The molecule has 0 aliphatic rings. The highest BCUT2D eigenvalue weighted by atomic mass is 79.9. The molecule has 2 rings (SSSR count). The molecule has 1 aromatic carbocycles. The van der Waals surface area contributed by atoms with Gasteiger partial charge in [-0.2, -0.15) is 0 Å². The zero-order chi connectivity index (χ0) is 15.6. The Morgan fingerprint density at radius 1 is 1.38 bits per heavy atom. The molecule has 1 N–H and O–H groups in total. The lowest BCUT2D eigenvalue weighted by Crippen LogP contribution is -2.07. The maximum Gasteiger partial charge on any atom is 0.128 e. The molecule has 1 heterocycles. The number of aromatic nitrogens is 1. The lowest BCUT2D eigenvalue weighted by Gasteiger charge is -2.16. The quantitative estimate of drug-likeness (QED) is 0.867. The first-order valence-electron chi connectivity index (χ1n) is 6.56. The number of halogens is 2. The number of hydrogen-bond donors (Lipinski definition) is 1. The summed E-state index contributed by atoms with van der Waals surface area (Å²) in [7, 11) is 1.64. The Bertz CT molecular complexity index is 661. The predicted molar refractivity (Wildman–Crippen MR) is 88.1 cm³/mol. The lowest BCUT2D eigenvalue weighted by atomic mass is 10.0. The molecule has 0 radical (unpaired) electrons. The largest absolute Gasteiger partial charge is 0.496 e. The molecular weight excluding hydrogens is 354 g/mol. The topological polar surface area (TPSA) is 42.4 Å². The van der Waals surface area contributed by atoms with Crippen molar-refractivity contribution >= 4 is 27.5 Å². The van der Waals surface area contributed by atoms with Crippen LogP contribution in [0.2, 0.25) is 5.02 Å². The zero-order valence-electron chi connectivity index (χ0n) is 12.2. The second-order valence-corrected chi connectivity index (χ2v) is 6.14. The van der Waals surface area contributed by atoms with E-state index in [9.17, 15) is 5.11 Å². The fourth-order valence-electron chi connectivity index (χ4n) is 2.35. The van der Waals surface area contributed by atoms with Gasteiger partial charge in [-0.25, -0.2) is 0 Å². The van der Waals surface area contributed by atoms with Gasteiger partial charge in [0.2, 0.25) is 0 Å². The van der Waals surface area contributed by atoms with Crippen LogP contribution in [0.3, 0.4) is 0 Å². The monoisotopic (exact) mass is 369 g/mol. The Kier molecular flexibility index (Phi) is 5.25. The molecule has 2 aromatic rings. The molecule has 0 bridgehead atoms. The fraction of sp³-hybridized carbons (Fsp3) is 0.312. The molecule has 0 fully saturated rings. The smallest absolute Gasteiger partial charge is 0.128 e. The Morgan fingerprint density at radius 2 is 2.10 bits per heavy atom. The van der Waals surface area contributed by atoms with Gasteiger partial charge >= 0.3 is 0 Å². The van der Waals surface area contributed by atoms with E-state index in [1.165, 1.54) is 0 Å². The second kappa shape index (κ2) is 6.77. The van der Waals surface area contributed by atoms with Crippen LogP contribution in [0.25, 0.3) is 0 Å². The van der Waals surface area contributed by atoms with Crippen molar-refractivity contribution in [2.75, 3.05) is 7.11 Å². The van der Waals surface area contributed by atoms with E-state index in [-0.39, 0.29) is 0 Å². The minimum Gasteiger partial charge on any atom is -0.496 e. The number of aliphatic hydroxyl groups is 1. The molecule has 1 aromatic heterocycles. The van der Waals surface area contributed by atoms with Crippen LogP contribution < -0.4 is 4.74 Å². The Morgan fingerprint density at radius 3 is 2.76 bits per heavy atom. The van der Waals surface area contributed by atoms with Crippen molar-refractivity contribution in [3.8, 4) is 5.75 Å². The first-order chi connectivity index (χ1) is 9.95. The average molecular weight is 371 g/mol. The summed E-state index contributed by atoms with van der Waals surface area (Å²) < 4.78 is 6.16. The molecule has 0 saturated carbocycles. The zero-order valence-corrected chi connectivity index (χ0v) is 14.5. The van der Waals surface area contributed by atoms with E-state index in [4.69, 9.17) is 16.3 Å². The average Bonchev–Trinajstić information content (AvgIpc) is 2.45. The SMILES string of the molecule is COc1c(C)cnc(CC(O)c2cccc(Br)c2Cl)c1C. The number of aryl methyl sites for hydroxylation is 1. The van der Waals surface area contributed by atoms with E-state index in [1.54, 1.807) is 13.3 Å². The van der Waals surface area contributed by atoms with Gasteiger partial charge < -0.3 is 9.84 Å². The van der Waals surface area contributed by atoms with Gasteiger partial charge in [0.15, 0.2) is 0 Å². The van der Waals surface area contributed by atoms with Crippen molar-refractivity contribution in [1.29, 1.82) is 0 Å². The number of ether oxygens (including phenoxy) is 1. The minimum absolute atomic E-state index is 0.388. The van der Waals surface area contributed by atoms with Crippen LogP contribution in [0, 0.1) is 13.8 Å². The van der Waals surface area contributed by atoms with E-state index in [1.807, 2.05) is 32.0 Å². The summed E-state index contributed by atoms with van der Waals surface area (Å²) in [6, 6.07) is 5.51. The molecule has 3 nitrogen and oxygen atoms in total. The van der Waals surface area contributed by atoms with Gasteiger partial charge in [0, 0.05) is 39.5 Å². The van der Waals surface area contributed by atoms with Gasteiger partial charge in [0.25, 0.3) is 0 Å². The minimum atomic E-state index is -0.714. The number of aliphatic hydroxyl groups excluding tert-OH is 1. The molecule has 1 atom stereocenters. The molecule has 0 saturated heterocycles. The van der Waals surface area contributed by atoms with Gasteiger partial charge in [-0.3, -0.25) is 4.98 Å². The van der Waals surface area contributed by atoms with Crippen LogP contribution in [0.1, 0.15) is 28.5 Å². The van der Waals surface area contributed by atoms with Gasteiger partial charge in [-0.15, -0.1) is 0 Å². The van der Waals surface area contributed by atoms with Crippen LogP contribution in [-0.4, -0.2) is 17.2 Å². The molecule has 5 heteroatoms. The van der Waals surface area contributed by atoms with E-state index in [2.05, 4.69) is 20.9 Å². The lowest BCUT2D eigenvalue weighted by molar-refractivity contribution is 0.177. The first kappa shape index (κ1) is 16.3. The van der Waals surface area contributed by atoms with Crippen LogP contribution in [0.4, 0.5) is 0 Å². The normalized spacial score (nSPS) is 12.3. The highest BCUT2D eigenvalue weighted by molar-refractivity contribution is 9.10. The standard InChI is InChI=1S/C16H17BrClNO2/c1-9-8-19-13(10(2)16(9)21-3)7-14(20)11-5-4-6-12(17)15(11)18/h4-6,8,14,20H,7H2,1-3H3. The van der Waals surface area contributed by atoms with Gasteiger partial charge in [-0.05, 0) is 35.8 Å². The number of pyridine rings is 1. The summed E-state index contributed by atoms with van der Waals surface area (Å²) in [5, 5.41) is 11.0. The van der Waals surface area contributed by atoms with E-state index >= 15 is 0 Å². The predicted octanol–water partition coefficient (Wildman–Crippen LogP) is 4.40. The van der Waals surface area contributed by atoms with Crippen molar-refractivity contribution in [2.24, 2.45) is 0 Å². The van der Waals surface area contributed by atoms with Gasteiger partial charge in [0.05, 0.1) is 18.2 Å². The number of rotatable bonds is 4. The summed E-state index contributed by atoms with van der Waals surface area (Å²) >= 11 is 9.59. The van der Waals surface area contributed by atoms with Gasteiger partial charge in [-0.1, -0.05) is 23.7 Å². The summed E-state index contributed by atoms with van der Waals surface area (Å²) in [5.41, 5.74) is 3.42. The summed E-state index contributed by atoms with van der Waals surface area (Å²) in [6.45, 7) is 3.90. The van der Waals surface area contributed by atoms with Crippen LogP contribution in [0.15, 0.2) is 28.9 Å². The third kappa shape index (κ3) is 3.39. The maximum absolute atomic E-state index is 10.5. The van der Waals surface area contributed by atoms with Crippen molar-refractivity contribution < 1.29 is 9.84 Å². The van der Waals surface area contributed by atoms with Crippen LogP contribution in [-0.2, 0) is 6.42 Å².